The number of rotatable bonds is 3. The minimum Gasteiger partial charge on any atom is -0.340 e. The molecule has 1 aromatic carbocycles. The standard InChI is InChI=1S/C18H26ClN3O/c1-12-9-14(3-4-16(12)19)15-10-22(11-17(15)20-2)18(23)13-5-7-21-8-6-13/h3-4,9,13,15,17,20-21H,5-8,10-11H2,1-2H3/t15-,17+/m1/s1. The number of hydrogen-bond acceptors (Lipinski definition) is 3. The van der Waals surface area contributed by atoms with Crippen LogP contribution in [-0.2, 0) is 4.79 Å². The molecule has 0 aromatic heterocycles. The molecular weight excluding hydrogens is 310 g/mol. The summed E-state index contributed by atoms with van der Waals surface area (Å²) in [6.07, 6.45) is 1.93. The molecule has 2 fully saturated rings. The zero-order valence-corrected chi connectivity index (χ0v) is 14.7. The summed E-state index contributed by atoms with van der Waals surface area (Å²) in [6, 6.07) is 6.54. The van der Waals surface area contributed by atoms with Crippen molar-refractivity contribution < 1.29 is 4.79 Å². The van der Waals surface area contributed by atoms with Crippen molar-refractivity contribution in [1.82, 2.24) is 15.5 Å². The van der Waals surface area contributed by atoms with Gasteiger partial charge in [0.2, 0.25) is 5.91 Å². The van der Waals surface area contributed by atoms with Crippen LogP contribution in [0.5, 0.6) is 0 Å². The Morgan fingerprint density at radius 2 is 2.04 bits per heavy atom. The van der Waals surface area contributed by atoms with E-state index in [0.717, 1.165) is 49.6 Å². The van der Waals surface area contributed by atoms with E-state index in [9.17, 15) is 4.79 Å². The number of likely N-dealkylation sites (N-methyl/N-ethyl adjacent to an activating group) is 1. The van der Waals surface area contributed by atoms with Crippen molar-refractivity contribution in [3.05, 3.63) is 34.3 Å². The van der Waals surface area contributed by atoms with Crippen LogP contribution in [0, 0.1) is 12.8 Å². The second-order valence-corrected chi connectivity index (χ2v) is 7.18. The van der Waals surface area contributed by atoms with Crippen molar-refractivity contribution in [2.45, 2.75) is 31.7 Å². The van der Waals surface area contributed by atoms with Gasteiger partial charge in [-0.15, -0.1) is 0 Å². The Hall–Kier alpha value is -1.10. The molecule has 2 aliphatic rings. The molecule has 4 nitrogen and oxygen atoms in total. The van der Waals surface area contributed by atoms with Crippen LogP contribution >= 0.6 is 11.6 Å². The lowest BCUT2D eigenvalue weighted by molar-refractivity contribution is -0.135. The Labute approximate surface area is 143 Å². The summed E-state index contributed by atoms with van der Waals surface area (Å²) in [5.41, 5.74) is 2.37. The lowest BCUT2D eigenvalue weighted by atomic mass is 9.93. The molecule has 0 bridgehead atoms. The zero-order valence-electron chi connectivity index (χ0n) is 13.9. The van der Waals surface area contributed by atoms with Crippen molar-refractivity contribution in [1.29, 1.82) is 0 Å². The van der Waals surface area contributed by atoms with Crippen molar-refractivity contribution in [3.63, 3.8) is 0 Å². The van der Waals surface area contributed by atoms with E-state index in [2.05, 4.69) is 27.7 Å². The number of aryl methyl sites for hydroxylation is 1. The second-order valence-electron chi connectivity index (χ2n) is 6.78. The van der Waals surface area contributed by atoms with E-state index in [1.165, 1.54) is 5.56 Å². The van der Waals surface area contributed by atoms with E-state index in [1.807, 2.05) is 20.0 Å². The Kier molecular flexibility index (Phi) is 5.24. The third kappa shape index (κ3) is 3.54. The molecule has 2 saturated heterocycles. The van der Waals surface area contributed by atoms with Crippen molar-refractivity contribution >= 4 is 17.5 Å². The molecule has 23 heavy (non-hydrogen) atoms. The Balaban J connectivity index is 1.74. The molecule has 0 spiro atoms. The predicted octanol–water partition coefficient (Wildman–Crippen LogP) is 2.16. The van der Waals surface area contributed by atoms with Crippen LogP contribution in [0.15, 0.2) is 18.2 Å². The van der Waals surface area contributed by atoms with Gasteiger partial charge >= 0.3 is 0 Å². The molecule has 1 aromatic rings. The number of likely N-dealkylation sites (tertiary alicyclic amines) is 1. The van der Waals surface area contributed by atoms with Gasteiger partial charge in [0.15, 0.2) is 0 Å². The Morgan fingerprint density at radius 1 is 1.30 bits per heavy atom. The first kappa shape index (κ1) is 16.7. The highest BCUT2D eigenvalue weighted by Crippen LogP contribution is 2.31. The van der Waals surface area contributed by atoms with E-state index in [0.29, 0.717) is 17.9 Å². The number of halogens is 1. The van der Waals surface area contributed by atoms with E-state index >= 15 is 0 Å². The molecule has 1 amide bonds. The summed E-state index contributed by atoms with van der Waals surface area (Å²) in [5, 5.41) is 7.53. The van der Waals surface area contributed by atoms with Crippen molar-refractivity contribution in [2.24, 2.45) is 5.92 Å². The summed E-state index contributed by atoms with van der Waals surface area (Å²) < 4.78 is 0. The smallest absolute Gasteiger partial charge is 0.225 e. The molecule has 126 valence electrons. The van der Waals surface area contributed by atoms with Crippen LogP contribution in [-0.4, -0.2) is 50.1 Å². The number of carbonyl (C=O) groups is 1. The first-order valence-electron chi connectivity index (χ1n) is 8.53. The first-order chi connectivity index (χ1) is 11.1. The lowest BCUT2D eigenvalue weighted by Gasteiger charge is -2.26. The van der Waals surface area contributed by atoms with Gasteiger partial charge in [-0.1, -0.05) is 23.7 Å². The van der Waals surface area contributed by atoms with Gasteiger partial charge < -0.3 is 15.5 Å². The van der Waals surface area contributed by atoms with E-state index in [-0.39, 0.29) is 5.92 Å². The summed E-state index contributed by atoms with van der Waals surface area (Å²) in [4.78, 5) is 14.9. The fourth-order valence-electron chi connectivity index (χ4n) is 3.84. The van der Waals surface area contributed by atoms with Crippen LogP contribution in [0.2, 0.25) is 5.02 Å². The lowest BCUT2D eigenvalue weighted by Crippen LogP contribution is -2.41. The third-order valence-electron chi connectivity index (χ3n) is 5.30. The second kappa shape index (κ2) is 7.20. The molecule has 2 heterocycles. The topological polar surface area (TPSA) is 44.4 Å². The number of piperidine rings is 1. The number of amides is 1. The van der Waals surface area contributed by atoms with Crippen LogP contribution in [0.1, 0.15) is 29.9 Å². The highest BCUT2D eigenvalue weighted by molar-refractivity contribution is 6.31. The summed E-state index contributed by atoms with van der Waals surface area (Å²) in [7, 11) is 1.99. The molecule has 3 rings (SSSR count). The average molecular weight is 336 g/mol. The van der Waals surface area contributed by atoms with Gasteiger partial charge in [0.25, 0.3) is 0 Å². The summed E-state index contributed by atoms with van der Waals surface area (Å²) in [6.45, 7) is 5.55. The number of benzene rings is 1. The molecule has 2 aliphatic heterocycles. The van der Waals surface area contributed by atoms with Gasteiger partial charge in [0, 0.05) is 36.0 Å². The zero-order chi connectivity index (χ0) is 16.4. The normalized spacial score (nSPS) is 25.8. The molecule has 0 saturated carbocycles. The highest BCUT2D eigenvalue weighted by Gasteiger charge is 2.37. The maximum Gasteiger partial charge on any atom is 0.225 e. The van der Waals surface area contributed by atoms with E-state index < -0.39 is 0 Å². The maximum absolute atomic E-state index is 12.8. The Bertz CT molecular complexity index is 571. The van der Waals surface area contributed by atoms with Gasteiger partial charge in [-0.3, -0.25) is 4.79 Å². The van der Waals surface area contributed by atoms with Gasteiger partial charge in [-0.05, 0) is 57.1 Å². The molecule has 2 atom stereocenters. The predicted molar refractivity (Wildman–Crippen MR) is 94.0 cm³/mol. The SMILES string of the molecule is CN[C@H]1CN(C(=O)C2CCNCC2)C[C@@H]1c1ccc(Cl)c(C)c1. The fraction of sp³-hybridized carbons (Fsp3) is 0.611. The van der Waals surface area contributed by atoms with Crippen LogP contribution in [0.25, 0.3) is 0 Å². The van der Waals surface area contributed by atoms with Gasteiger partial charge in [-0.25, -0.2) is 0 Å². The number of carbonyl (C=O) groups excluding carboxylic acids is 1. The molecule has 0 aliphatic carbocycles. The summed E-state index contributed by atoms with van der Waals surface area (Å²) in [5.74, 6) is 0.862. The first-order valence-corrected chi connectivity index (χ1v) is 8.90. The largest absolute Gasteiger partial charge is 0.340 e. The number of nitrogens with one attached hydrogen (secondary N) is 2. The van der Waals surface area contributed by atoms with Gasteiger partial charge in [-0.2, -0.15) is 0 Å². The molecule has 0 radical (unpaired) electrons. The van der Waals surface area contributed by atoms with Gasteiger partial charge in [0.05, 0.1) is 0 Å². The number of nitrogens with zero attached hydrogens (tertiary/aromatic N) is 1. The molecule has 5 heteroatoms. The summed E-state index contributed by atoms with van der Waals surface area (Å²) >= 11 is 6.15. The quantitative estimate of drug-likeness (QED) is 0.889. The Morgan fingerprint density at radius 3 is 2.70 bits per heavy atom. The molecule has 0 unspecified atom stereocenters. The maximum atomic E-state index is 12.8. The fourth-order valence-corrected chi connectivity index (χ4v) is 3.96. The van der Waals surface area contributed by atoms with E-state index in [1.54, 1.807) is 0 Å². The van der Waals surface area contributed by atoms with E-state index in [4.69, 9.17) is 11.6 Å². The minimum absolute atomic E-state index is 0.194. The average Bonchev–Trinajstić information content (AvgIpc) is 3.02. The third-order valence-corrected chi connectivity index (χ3v) is 5.72. The van der Waals surface area contributed by atoms with Crippen molar-refractivity contribution in [2.75, 3.05) is 33.2 Å². The minimum atomic E-state index is 0.194. The van der Waals surface area contributed by atoms with Crippen LogP contribution < -0.4 is 10.6 Å². The monoisotopic (exact) mass is 335 g/mol. The molecular formula is C18H26ClN3O. The van der Waals surface area contributed by atoms with Crippen molar-refractivity contribution in [3.8, 4) is 0 Å². The number of hydrogen-bond donors (Lipinski definition) is 2. The van der Waals surface area contributed by atoms with Crippen LogP contribution in [0.4, 0.5) is 0 Å². The molecule has 2 N–H and O–H groups in total. The van der Waals surface area contributed by atoms with Crippen LogP contribution in [0.3, 0.4) is 0 Å². The van der Waals surface area contributed by atoms with Gasteiger partial charge in [0.1, 0.15) is 0 Å². The highest BCUT2D eigenvalue weighted by atomic mass is 35.5.